The highest BCUT2D eigenvalue weighted by atomic mass is 35.5. The molecule has 8 nitrogen and oxygen atoms in total. The third kappa shape index (κ3) is 5.03. The molecule has 2 aromatic rings. The second-order valence-electron chi connectivity index (χ2n) is 8.57. The van der Waals surface area contributed by atoms with E-state index in [1.54, 1.807) is 13.0 Å². The predicted molar refractivity (Wildman–Crippen MR) is 119 cm³/mol. The van der Waals surface area contributed by atoms with Gasteiger partial charge in [0.1, 0.15) is 23.7 Å². The van der Waals surface area contributed by atoms with Crippen molar-refractivity contribution in [3.8, 4) is 23.0 Å². The lowest BCUT2D eigenvalue weighted by atomic mass is 10.0. The van der Waals surface area contributed by atoms with Crippen molar-refractivity contribution < 1.29 is 29.2 Å². The molecule has 172 valence electrons. The number of ether oxygens (including phenoxy) is 3. The highest BCUT2D eigenvalue weighted by Crippen LogP contribution is 2.45. The van der Waals surface area contributed by atoms with Gasteiger partial charge in [0.2, 0.25) is 5.91 Å². The molecule has 0 aliphatic carbocycles. The molecule has 4 rings (SSSR count). The van der Waals surface area contributed by atoms with Crippen LogP contribution in [0.4, 0.5) is 5.69 Å². The number of piperidine rings is 1. The van der Waals surface area contributed by atoms with Crippen LogP contribution in [-0.4, -0.2) is 57.6 Å². The zero-order valence-corrected chi connectivity index (χ0v) is 18.8. The number of nitrogens with zero attached hydrogens (tertiary/aromatic N) is 1. The van der Waals surface area contributed by atoms with E-state index in [0.29, 0.717) is 36.6 Å². The topological polar surface area (TPSA) is 100 Å². The number of fused-ring (bicyclic) bond motifs is 1. The van der Waals surface area contributed by atoms with Crippen LogP contribution < -0.4 is 19.5 Å². The fraction of sp³-hybridized carbons (Fsp3) is 0.435. The Labute approximate surface area is 191 Å². The molecular formula is C23H27ClN2O6. The molecule has 32 heavy (non-hydrogen) atoms. The highest BCUT2D eigenvalue weighted by molar-refractivity contribution is 6.20. The Bertz CT molecular complexity index is 973. The first kappa shape index (κ1) is 22.5. The number of carbonyl (C=O) groups excluding carboxylic acids is 1. The molecular weight excluding hydrogens is 436 g/mol. The number of anilines is 1. The minimum absolute atomic E-state index is 0.00606. The number of carbonyl (C=O) groups is 1. The number of phenolic OH excluding ortho intramolecular Hbond substituents is 1. The monoisotopic (exact) mass is 462 g/mol. The van der Waals surface area contributed by atoms with E-state index in [0.717, 1.165) is 0 Å². The molecule has 1 fully saturated rings. The van der Waals surface area contributed by atoms with Crippen molar-refractivity contribution in [1.82, 2.24) is 4.90 Å². The van der Waals surface area contributed by atoms with Crippen LogP contribution in [0.15, 0.2) is 42.5 Å². The number of aliphatic hydroxyl groups is 1. The van der Waals surface area contributed by atoms with Crippen LogP contribution in [0.5, 0.6) is 23.0 Å². The van der Waals surface area contributed by atoms with Crippen LogP contribution in [0, 0.1) is 0 Å². The fourth-order valence-corrected chi connectivity index (χ4v) is 4.39. The number of para-hydroxylation sites is 2. The van der Waals surface area contributed by atoms with Gasteiger partial charge in [-0.3, -0.25) is 9.69 Å². The molecule has 2 aliphatic heterocycles. The van der Waals surface area contributed by atoms with Crippen LogP contribution in [0.25, 0.3) is 0 Å². The summed E-state index contributed by atoms with van der Waals surface area (Å²) in [5.74, 6) is 0.638. The number of phenols is 1. The summed E-state index contributed by atoms with van der Waals surface area (Å²) in [6.45, 7) is 3.81. The van der Waals surface area contributed by atoms with Gasteiger partial charge in [0.15, 0.2) is 11.5 Å². The molecule has 0 radical (unpaired) electrons. The van der Waals surface area contributed by atoms with Crippen LogP contribution in [0.3, 0.4) is 0 Å². The van der Waals surface area contributed by atoms with Gasteiger partial charge in [-0.05, 0) is 31.2 Å². The average Bonchev–Trinajstić information content (AvgIpc) is 3.07. The number of amides is 1. The number of aromatic hydroxyl groups is 1. The normalized spacial score (nSPS) is 21.2. The van der Waals surface area contributed by atoms with Gasteiger partial charge in [0.25, 0.3) is 5.79 Å². The Morgan fingerprint density at radius 1 is 1.31 bits per heavy atom. The quantitative estimate of drug-likeness (QED) is 0.344. The number of likely N-dealkylation sites (tertiary alicyclic amines) is 1. The largest absolute Gasteiger partial charge is 0.508 e. The lowest BCUT2D eigenvalue weighted by molar-refractivity contribution is -0.133. The highest BCUT2D eigenvalue weighted by Gasteiger charge is 2.48. The number of halogens is 1. The third-order valence-corrected chi connectivity index (χ3v) is 5.89. The number of β-amino-alcohol motifs (C(OH)–C–C–N with tert-alkyl or cyclic N) is 1. The minimum atomic E-state index is -1.24. The van der Waals surface area contributed by atoms with Crippen LogP contribution >= 0.6 is 11.6 Å². The van der Waals surface area contributed by atoms with Crippen LogP contribution in [0.2, 0.25) is 0 Å². The van der Waals surface area contributed by atoms with Gasteiger partial charge < -0.3 is 29.7 Å². The number of rotatable bonds is 6. The molecule has 1 saturated heterocycles. The van der Waals surface area contributed by atoms with Crippen molar-refractivity contribution >= 4 is 23.2 Å². The van der Waals surface area contributed by atoms with E-state index < -0.39 is 16.9 Å². The standard InChI is InChI=1S/C23H27ClN2O6/c1-15(27)25-17-8-7-16(28)11-20(17)30-14-22(2,29)13-26-10-9-23(12-21(26)24)31-18-5-3-4-6-19(18)32-23/h3-8,11,21,28-29H,9-10,12-14H2,1-2H3,(H,25,27)/t21-,22+/m1/s1. The summed E-state index contributed by atoms with van der Waals surface area (Å²) in [5.41, 5.74) is -1.23. The van der Waals surface area contributed by atoms with E-state index in [4.69, 9.17) is 25.8 Å². The van der Waals surface area contributed by atoms with Gasteiger partial charge in [-0.25, -0.2) is 0 Å². The number of benzene rings is 2. The smallest absolute Gasteiger partial charge is 0.255 e. The van der Waals surface area contributed by atoms with Gasteiger partial charge in [0.05, 0.1) is 17.6 Å². The summed E-state index contributed by atoms with van der Waals surface area (Å²) in [7, 11) is 0. The van der Waals surface area contributed by atoms with Gasteiger partial charge >= 0.3 is 0 Å². The molecule has 2 heterocycles. The van der Waals surface area contributed by atoms with Gasteiger partial charge in [-0.1, -0.05) is 12.1 Å². The predicted octanol–water partition coefficient (Wildman–Crippen LogP) is 3.31. The van der Waals surface area contributed by atoms with E-state index in [1.165, 1.54) is 19.1 Å². The van der Waals surface area contributed by atoms with Crippen LogP contribution in [-0.2, 0) is 4.79 Å². The van der Waals surface area contributed by atoms with Gasteiger partial charge in [-0.2, -0.15) is 0 Å². The Morgan fingerprint density at radius 3 is 2.62 bits per heavy atom. The van der Waals surface area contributed by atoms with Crippen molar-refractivity contribution in [2.24, 2.45) is 0 Å². The first-order valence-corrected chi connectivity index (χ1v) is 10.9. The molecule has 9 heteroatoms. The summed E-state index contributed by atoms with van der Waals surface area (Å²) in [5, 5.41) is 23.4. The summed E-state index contributed by atoms with van der Waals surface area (Å²) in [6.07, 6.45) is 1.04. The lowest BCUT2D eigenvalue weighted by Crippen LogP contribution is -2.56. The maximum Gasteiger partial charge on any atom is 0.255 e. The summed E-state index contributed by atoms with van der Waals surface area (Å²) in [6, 6.07) is 11.9. The first-order valence-electron chi connectivity index (χ1n) is 10.5. The Morgan fingerprint density at radius 2 is 2.00 bits per heavy atom. The summed E-state index contributed by atoms with van der Waals surface area (Å²) in [4.78, 5) is 13.4. The van der Waals surface area contributed by atoms with Crippen molar-refractivity contribution in [2.75, 3.05) is 25.0 Å². The second-order valence-corrected chi connectivity index (χ2v) is 9.07. The van der Waals surface area contributed by atoms with Crippen molar-refractivity contribution in [1.29, 1.82) is 0 Å². The average molecular weight is 463 g/mol. The summed E-state index contributed by atoms with van der Waals surface area (Å²) < 4.78 is 17.9. The number of nitrogens with one attached hydrogen (secondary N) is 1. The van der Waals surface area contributed by atoms with E-state index in [1.807, 2.05) is 29.2 Å². The minimum Gasteiger partial charge on any atom is -0.508 e. The Balaban J connectivity index is 1.36. The zero-order chi connectivity index (χ0) is 22.9. The zero-order valence-electron chi connectivity index (χ0n) is 18.0. The second kappa shape index (κ2) is 8.69. The third-order valence-electron chi connectivity index (χ3n) is 5.45. The number of hydrogen-bond acceptors (Lipinski definition) is 7. The molecule has 0 aromatic heterocycles. The van der Waals surface area contributed by atoms with Crippen molar-refractivity contribution in [3.63, 3.8) is 0 Å². The van der Waals surface area contributed by atoms with Gasteiger partial charge in [0, 0.05) is 32.5 Å². The van der Waals surface area contributed by atoms with E-state index in [9.17, 15) is 15.0 Å². The maximum atomic E-state index is 11.4. The van der Waals surface area contributed by atoms with E-state index >= 15 is 0 Å². The van der Waals surface area contributed by atoms with Crippen LogP contribution in [0.1, 0.15) is 26.7 Å². The SMILES string of the molecule is CC(=O)Nc1ccc(O)cc1OC[C@@](C)(O)CN1CCC2(C[C@@H]1Cl)Oc1ccccc1O2. The molecule has 2 aliphatic rings. The number of alkyl halides is 1. The molecule has 0 unspecified atom stereocenters. The molecule has 0 bridgehead atoms. The number of hydrogen-bond donors (Lipinski definition) is 3. The maximum absolute atomic E-state index is 11.4. The van der Waals surface area contributed by atoms with Gasteiger partial charge in [-0.15, -0.1) is 11.6 Å². The Kier molecular flexibility index (Phi) is 6.11. The van der Waals surface area contributed by atoms with Crippen molar-refractivity contribution in [2.45, 2.75) is 43.6 Å². The Hall–Kier alpha value is -2.68. The molecule has 2 atom stereocenters. The van der Waals surface area contributed by atoms with Crippen molar-refractivity contribution in [3.05, 3.63) is 42.5 Å². The first-order chi connectivity index (χ1) is 15.1. The fourth-order valence-electron chi connectivity index (χ4n) is 3.99. The lowest BCUT2D eigenvalue weighted by Gasteiger charge is -2.42. The summed E-state index contributed by atoms with van der Waals surface area (Å²) >= 11 is 6.66. The van der Waals surface area contributed by atoms with E-state index in [-0.39, 0.29) is 30.6 Å². The van der Waals surface area contributed by atoms with E-state index in [2.05, 4.69) is 5.32 Å². The molecule has 2 aromatic carbocycles. The molecule has 1 amide bonds. The molecule has 3 N–H and O–H groups in total. The molecule has 0 saturated carbocycles. The molecule has 1 spiro atoms.